The second kappa shape index (κ2) is 12.4. The van der Waals surface area contributed by atoms with E-state index in [1.165, 1.54) is 20.7 Å². The molecule has 2 aromatic heterocycles. The summed E-state index contributed by atoms with van der Waals surface area (Å²) in [5.74, 6) is 0. The molecule has 0 aliphatic rings. The molecule has 0 atom stereocenters. The minimum atomic E-state index is -2.01. The Balaban J connectivity index is 0.000000244. The molecule has 0 amide bonds. The lowest BCUT2D eigenvalue weighted by atomic mass is 10.3. The second-order valence-corrected chi connectivity index (χ2v) is 21.1. The summed E-state index contributed by atoms with van der Waals surface area (Å²) < 4.78 is 0. The van der Waals surface area contributed by atoms with Crippen molar-refractivity contribution in [1.29, 1.82) is 0 Å². The summed E-state index contributed by atoms with van der Waals surface area (Å²) in [5, 5.41) is 6.19. The lowest BCUT2D eigenvalue weighted by molar-refractivity contribution is 1.29. The zero-order valence-corrected chi connectivity index (χ0v) is 28.6. The van der Waals surface area contributed by atoms with Gasteiger partial charge in [-0.1, -0.05) is 168 Å². The van der Waals surface area contributed by atoms with Gasteiger partial charge in [-0.25, -0.2) is 19.9 Å². The first-order chi connectivity index (χ1) is 20.0. The van der Waals surface area contributed by atoms with Gasteiger partial charge in [0.05, 0.1) is 22.1 Å². The standard InChI is InChI=1S/C24H24Cl2N2Si2.C8H4Cl2N2/c1-29(2,17-11-7-5-8-12-17)19-15-16-20(22-21(19)27-23(25)24(26)28-22)30(3,4)18-13-9-6-10-14-18;9-7-8(10)12-6-4-2-1-3-5(6)11-7/h5-16H,1-4H3;1-4H. The summed E-state index contributed by atoms with van der Waals surface area (Å²) in [6.07, 6.45) is 0. The normalized spacial score (nSPS) is 11.8. The highest BCUT2D eigenvalue weighted by Crippen LogP contribution is 2.23. The summed E-state index contributed by atoms with van der Waals surface area (Å²) in [5.41, 5.74) is 3.29. The molecular formula is C32H28Cl4N4Si2. The maximum Gasteiger partial charge on any atom is 0.167 e. The Labute approximate surface area is 267 Å². The Hall–Kier alpha value is -2.85. The molecule has 6 aromatic rings. The molecule has 4 aromatic carbocycles. The summed E-state index contributed by atoms with van der Waals surface area (Å²) in [7, 11) is -4.02. The molecule has 10 heteroatoms. The Bertz CT molecular complexity index is 1750. The van der Waals surface area contributed by atoms with Crippen molar-refractivity contribution < 1.29 is 0 Å². The molecule has 0 unspecified atom stereocenters. The number of aromatic nitrogens is 4. The van der Waals surface area contributed by atoms with Gasteiger partial charge < -0.3 is 0 Å². The van der Waals surface area contributed by atoms with E-state index < -0.39 is 16.1 Å². The number of benzene rings is 4. The van der Waals surface area contributed by atoms with E-state index in [0.29, 0.717) is 0 Å². The van der Waals surface area contributed by atoms with Crippen LogP contribution in [-0.2, 0) is 0 Å². The number of hydrogen-bond acceptors (Lipinski definition) is 4. The third-order valence-electron chi connectivity index (χ3n) is 7.57. The number of hydrogen-bond donors (Lipinski definition) is 0. The monoisotopic (exact) mass is 664 g/mol. The number of fused-ring (bicyclic) bond motifs is 2. The molecule has 0 bridgehead atoms. The van der Waals surface area contributed by atoms with Crippen molar-refractivity contribution in [2.24, 2.45) is 0 Å². The van der Waals surface area contributed by atoms with E-state index in [1.54, 1.807) is 0 Å². The fourth-order valence-electron chi connectivity index (χ4n) is 5.08. The van der Waals surface area contributed by atoms with Gasteiger partial charge in [0.2, 0.25) is 0 Å². The van der Waals surface area contributed by atoms with E-state index >= 15 is 0 Å². The third-order valence-corrected chi connectivity index (χ3v) is 15.9. The van der Waals surface area contributed by atoms with Crippen LogP contribution in [0.1, 0.15) is 0 Å². The van der Waals surface area contributed by atoms with Crippen molar-refractivity contribution in [3.63, 3.8) is 0 Å². The molecule has 0 fully saturated rings. The fourth-order valence-corrected chi connectivity index (χ4v) is 10.8. The predicted octanol–water partition coefficient (Wildman–Crippen LogP) is 7.52. The van der Waals surface area contributed by atoms with Crippen molar-refractivity contribution in [2.45, 2.75) is 26.2 Å². The van der Waals surface area contributed by atoms with Crippen LogP contribution >= 0.6 is 46.4 Å². The Morgan fingerprint density at radius 1 is 0.405 bits per heavy atom. The van der Waals surface area contributed by atoms with E-state index in [0.717, 1.165) is 22.1 Å². The average Bonchev–Trinajstić information content (AvgIpc) is 2.99. The fraction of sp³-hybridized carbons (Fsp3) is 0.125. The first kappa shape index (κ1) is 30.6. The van der Waals surface area contributed by atoms with E-state index in [1.807, 2.05) is 24.3 Å². The topological polar surface area (TPSA) is 51.6 Å². The zero-order chi connectivity index (χ0) is 30.1. The SMILES string of the molecule is C[Si](C)(c1ccccc1)c1ccc([Si](C)(C)c2ccccc2)c2nc(Cl)c(Cl)nc12.Clc1nc2ccccc2nc1Cl. The Morgan fingerprint density at radius 2 is 0.714 bits per heavy atom. The summed E-state index contributed by atoms with van der Waals surface area (Å²) >= 11 is 24.1. The van der Waals surface area contributed by atoms with Gasteiger partial charge in [0, 0.05) is 0 Å². The minimum Gasteiger partial charge on any atom is -0.231 e. The first-order valence-corrected chi connectivity index (χ1v) is 20.9. The van der Waals surface area contributed by atoms with Gasteiger partial charge >= 0.3 is 0 Å². The number of rotatable bonds is 4. The van der Waals surface area contributed by atoms with Crippen molar-refractivity contribution in [3.05, 3.63) is 118 Å². The molecule has 0 radical (unpaired) electrons. The van der Waals surface area contributed by atoms with E-state index in [4.69, 9.17) is 56.4 Å². The second-order valence-electron chi connectivity index (χ2n) is 10.9. The third kappa shape index (κ3) is 6.11. The highest BCUT2D eigenvalue weighted by atomic mass is 35.5. The molecule has 2 heterocycles. The van der Waals surface area contributed by atoms with Crippen LogP contribution in [-0.4, -0.2) is 36.1 Å². The zero-order valence-electron chi connectivity index (χ0n) is 23.5. The van der Waals surface area contributed by atoms with Crippen LogP contribution in [0.2, 0.25) is 46.8 Å². The minimum absolute atomic E-state index is 0.246. The van der Waals surface area contributed by atoms with E-state index in [2.05, 4.69) is 109 Å². The van der Waals surface area contributed by atoms with Crippen LogP contribution in [0.4, 0.5) is 0 Å². The molecule has 212 valence electrons. The van der Waals surface area contributed by atoms with Gasteiger partial charge in [0.1, 0.15) is 16.1 Å². The van der Waals surface area contributed by atoms with Crippen molar-refractivity contribution in [2.75, 3.05) is 0 Å². The van der Waals surface area contributed by atoms with Crippen molar-refractivity contribution in [3.8, 4) is 0 Å². The molecule has 0 aliphatic carbocycles. The summed E-state index contributed by atoms with van der Waals surface area (Å²) in [6.45, 7) is 9.39. The number of para-hydroxylation sites is 2. The summed E-state index contributed by atoms with van der Waals surface area (Å²) in [4.78, 5) is 17.6. The lowest BCUT2D eigenvalue weighted by Crippen LogP contribution is -2.56. The molecule has 4 nitrogen and oxygen atoms in total. The Morgan fingerprint density at radius 3 is 1.07 bits per heavy atom. The van der Waals surface area contributed by atoms with Crippen LogP contribution in [0.15, 0.2) is 97.1 Å². The molecule has 0 aliphatic heterocycles. The van der Waals surface area contributed by atoms with Gasteiger partial charge in [-0.3, -0.25) is 0 Å². The molecule has 0 spiro atoms. The van der Waals surface area contributed by atoms with Crippen LogP contribution in [0.25, 0.3) is 22.1 Å². The van der Waals surface area contributed by atoms with Crippen LogP contribution < -0.4 is 20.7 Å². The van der Waals surface area contributed by atoms with E-state index in [9.17, 15) is 0 Å². The lowest BCUT2D eigenvalue weighted by Gasteiger charge is -2.29. The molecule has 42 heavy (non-hydrogen) atoms. The van der Waals surface area contributed by atoms with Gasteiger partial charge in [-0.15, -0.1) is 0 Å². The molecule has 6 rings (SSSR count). The molecule has 0 N–H and O–H groups in total. The van der Waals surface area contributed by atoms with E-state index in [-0.39, 0.29) is 20.6 Å². The average molecular weight is 667 g/mol. The number of nitrogens with zero attached hydrogens (tertiary/aromatic N) is 4. The largest absolute Gasteiger partial charge is 0.231 e. The van der Waals surface area contributed by atoms with Gasteiger partial charge in [-0.2, -0.15) is 0 Å². The quantitative estimate of drug-likeness (QED) is 0.183. The molecule has 0 saturated carbocycles. The Kier molecular flexibility index (Phi) is 9.04. The van der Waals surface area contributed by atoms with Crippen LogP contribution in [0, 0.1) is 0 Å². The highest BCUT2D eigenvalue weighted by Gasteiger charge is 2.34. The van der Waals surface area contributed by atoms with Gasteiger partial charge in [0.25, 0.3) is 0 Å². The molecular weight excluding hydrogens is 638 g/mol. The van der Waals surface area contributed by atoms with Gasteiger partial charge in [0.15, 0.2) is 20.6 Å². The van der Waals surface area contributed by atoms with Gasteiger partial charge in [-0.05, 0) is 22.5 Å². The predicted molar refractivity (Wildman–Crippen MR) is 185 cm³/mol. The van der Waals surface area contributed by atoms with Crippen LogP contribution in [0.3, 0.4) is 0 Å². The van der Waals surface area contributed by atoms with Crippen molar-refractivity contribution >= 4 is 105 Å². The maximum atomic E-state index is 6.36. The first-order valence-electron chi connectivity index (χ1n) is 13.4. The number of halogens is 4. The van der Waals surface area contributed by atoms with Crippen LogP contribution in [0.5, 0.6) is 0 Å². The van der Waals surface area contributed by atoms with Crippen molar-refractivity contribution in [1.82, 2.24) is 19.9 Å². The maximum absolute atomic E-state index is 6.36. The molecule has 0 saturated heterocycles. The summed E-state index contributed by atoms with van der Waals surface area (Å²) in [6, 6.07) is 33.3. The smallest absolute Gasteiger partial charge is 0.167 e. The highest BCUT2D eigenvalue weighted by molar-refractivity contribution is 7.03.